The van der Waals surface area contributed by atoms with E-state index in [1.54, 1.807) is 29.2 Å². The molecule has 2 heterocycles. The van der Waals surface area contributed by atoms with Crippen LogP contribution in [0.4, 0.5) is 10.8 Å². The van der Waals surface area contributed by atoms with Crippen LogP contribution in [-0.2, 0) is 9.59 Å². The second-order valence-electron chi connectivity index (χ2n) is 4.61. The van der Waals surface area contributed by atoms with Gasteiger partial charge < -0.3 is 10.2 Å². The molecule has 0 aliphatic carbocycles. The molecule has 6 nitrogen and oxygen atoms in total. The summed E-state index contributed by atoms with van der Waals surface area (Å²) in [5.41, 5.74) is 2.28. The van der Waals surface area contributed by atoms with Gasteiger partial charge in [-0.3, -0.25) is 9.59 Å². The maximum absolute atomic E-state index is 12.1. The molecule has 1 aliphatic heterocycles. The average Bonchev–Trinajstić information content (AvgIpc) is 3.09. The molecule has 2 aromatic rings. The number of amides is 2. The van der Waals surface area contributed by atoms with Gasteiger partial charge in [0.1, 0.15) is 5.51 Å². The minimum absolute atomic E-state index is 0.0743. The molecule has 21 heavy (non-hydrogen) atoms. The van der Waals surface area contributed by atoms with Gasteiger partial charge in [-0.05, 0) is 24.3 Å². The van der Waals surface area contributed by atoms with E-state index in [9.17, 15) is 9.59 Å². The van der Waals surface area contributed by atoms with Crippen molar-refractivity contribution in [3.8, 4) is 0 Å². The number of rotatable bonds is 3. The van der Waals surface area contributed by atoms with Gasteiger partial charge in [0.15, 0.2) is 0 Å². The van der Waals surface area contributed by atoms with Gasteiger partial charge >= 0.3 is 0 Å². The van der Waals surface area contributed by atoms with Crippen molar-refractivity contribution in [2.75, 3.05) is 16.8 Å². The zero-order valence-corrected chi connectivity index (χ0v) is 12.4. The number of aromatic nitrogens is 2. The van der Waals surface area contributed by atoms with Crippen molar-refractivity contribution < 1.29 is 9.59 Å². The first-order chi connectivity index (χ1) is 10.1. The number of anilines is 2. The van der Waals surface area contributed by atoms with E-state index in [4.69, 9.17) is 11.6 Å². The summed E-state index contributed by atoms with van der Waals surface area (Å²) in [6, 6.07) is 6.98. The zero-order chi connectivity index (χ0) is 14.8. The predicted molar refractivity (Wildman–Crippen MR) is 80.5 cm³/mol. The van der Waals surface area contributed by atoms with Crippen molar-refractivity contribution in [3.63, 3.8) is 0 Å². The third kappa shape index (κ3) is 3.03. The number of carbonyl (C=O) groups is 2. The second kappa shape index (κ2) is 5.79. The second-order valence-corrected chi connectivity index (χ2v) is 5.88. The van der Waals surface area contributed by atoms with Gasteiger partial charge in [-0.15, -0.1) is 10.2 Å². The number of nitrogens with one attached hydrogen (secondary N) is 1. The zero-order valence-electron chi connectivity index (χ0n) is 10.8. The molecular weight excluding hydrogens is 312 g/mol. The van der Waals surface area contributed by atoms with Crippen molar-refractivity contribution in [1.29, 1.82) is 0 Å². The van der Waals surface area contributed by atoms with E-state index in [0.29, 0.717) is 16.7 Å². The van der Waals surface area contributed by atoms with Crippen LogP contribution in [0.15, 0.2) is 29.8 Å². The Labute approximate surface area is 129 Å². The number of nitrogens with zero attached hydrogens (tertiary/aromatic N) is 3. The smallest absolute Gasteiger partial charge is 0.231 e. The first kappa shape index (κ1) is 14.0. The monoisotopic (exact) mass is 322 g/mol. The van der Waals surface area contributed by atoms with E-state index in [0.717, 1.165) is 5.69 Å². The molecule has 2 amide bonds. The van der Waals surface area contributed by atoms with Crippen LogP contribution in [0.5, 0.6) is 0 Å². The highest BCUT2D eigenvalue weighted by Gasteiger charge is 2.35. The van der Waals surface area contributed by atoms with E-state index in [1.165, 1.54) is 16.8 Å². The molecule has 8 heteroatoms. The number of carbonyl (C=O) groups excluding carboxylic acids is 2. The van der Waals surface area contributed by atoms with Gasteiger partial charge in [-0.25, -0.2) is 0 Å². The maximum atomic E-state index is 12.1. The molecule has 1 N–H and O–H groups in total. The molecule has 0 spiro atoms. The standard InChI is InChI=1S/C13H11ClN4O2S/c14-9-1-3-10(4-2-9)18-6-8(5-11(18)19)12(20)16-13-17-15-7-21-13/h1-4,7-8H,5-6H2,(H,16,17,20)/t8-/m1/s1. The molecular formula is C13H11ClN4O2S. The highest BCUT2D eigenvalue weighted by molar-refractivity contribution is 7.13. The summed E-state index contributed by atoms with van der Waals surface area (Å²) in [5.74, 6) is -0.677. The number of hydrogen-bond acceptors (Lipinski definition) is 5. The average molecular weight is 323 g/mol. The first-order valence-corrected chi connectivity index (χ1v) is 7.52. The van der Waals surface area contributed by atoms with E-state index in [-0.39, 0.29) is 18.2 Å². The summed E-state index contributed by atoms with van der Waals surface area (Å²) < 4.78 is 0. The maximum Gasteiger partial charge on any atom is 0.231 e. The molecule has 1 atom stereocenters. The minimum Gasteiger partial charge on any atom is -0.312 e. The molecule has 0 bridgehead atoms. The largest absolute Gasteiger partial charge is 0.312 e. The van der Waals surface area contributed by atoms with Crippen LogP contribution in [0.2, 0.25) is 5.02 Å². The van der Waals surface area contributed by atoms with Gasteiger partial charge in [0, 0.05) is 23.7 Å². The van der Waals surface area contributed by atoms with Crippen LogP contribution in [0, 0.1) is 5.92 Å². The van der Waals surface area contributed by atoms with Crippen molar-refractivity contribution in [3.05, 3.63) is 34.8 Å². The fourth-order valence-electron chi connectivity index (χ4n) is 2.19. The topological polar surface area (TPSA) is 75.2 Å². The molecule has 1 aliphatic rings. The Morgan fingerprint density at radius 2 is 2.14 bits per heavy atom. The lowest BCUT2D eigenvalue weighted by Gasteiger charge is -2.16. The Balaban J connectivity index is 1.69. The fourth-order valence-corrected chi connectivity index (χ4v) is 2.76. The third-order valence-corrected chi connectivity index (χ3v) is 4.08. The fraction of sp³-hybridized carbons (Fsp3) is 0.231. The summed E-state index contributed by atoms with van der Waals surface area (Å²) in [4.78, 5) is 25.8. The molecule has 108 valence electrons. The summed E-state index contributed by atoms with van der Waals surface area (Å²) in [6.45, 7) is 0.352. The van der Waals surface area contributed by atoms with Crippen LogP contribution in [-0.4, -0.2) is 28.6 Å². The van der Waals surface area contributed by atoms with Crippen LogP contribution >= 0.6 is 22.9 Å². The Bertz CT molecular complexity index is 659. The Morgan fingerprint density at radius 1 is 1.38 bits per heavy atom. The van der Waals surface area contributed by atoms with Gasteiger partial charge in [-0.1, -0.05) is 22.9 Å². The SMILES string of the molecule is O=C(Nc1nncs1)[C@@H]1CC(=O)N(c2ccc(Cl)cc2)C1. The molecule has 0 radical (unpaired) electrons. The molecule has 1 fully saturated rings. The van der Waals surface area contributed by atoms with E-state index in [1.807, 2.05) is 0 Å². The lowest BCUT2D eigenvalue weighted by atomic mass is 10.1. The predicted octanol–water partition coefficient (Wildman–Crippen LogP) is 2.18. The highest BCUT2D eigenvalue weighted by atomic mass is 35.5. The van der Waals surface area contributed by atoms with Crippen LogP contribution in [0.3, 0.4) is 0 Å². The van der Waals surface area contributed by atoms with E-state index in [2.05, 4.69) is 15.5 Å². The number of benzene rings is 1. The van der Waals surface area contributed by atoms with Gasteiger partial charge in [0.25, 0.3) is 0 Å². The summed E-state index contributed by atoms with van der Waals surface area (Å²) >= 11 is 7.08. The summed E-state index contributed by atoms with van der Waals surface area (Å²) in [7, 11) is 0. The molecule has 0 unspecified atom stereocenters. The van der Waals surface area contributed by atoms with Gasteiger partial charge in [0.05, 0.1) is 5.92 Å². The normalized spacial score (nSPS) is 18.0. The molecule has 3 rings (SSSR count). The lowest BCUT2D eigenvalue weighted by molar-refractivity contribution is -0.122. The highest BCUT2D eigenvalue weighted by Crippen LogP contribution is 2.27. The van der Waals surface area contributed by atoms with Crippen LogP contribution in [0.1, 0.15) is 6.42 Å². The van der Waals surface area contributed by atoms with E-state index < -0.39 is 5.92 Å². The van der Waals surface area contributed by atoms with Gasteiger partial charge in [0.2, 0.25) is 16.9 Å². The van der Waals surface area contributed by atoms with Crippen molar-refractivity contribution >= 4 is 45.6 Å². The number of hydrogen-bond donors (Lipinski definition) is 1. The van der Waals surface area contributed by atoms with Crippen molar-refractivity contribution in [1.82, 2.24) is 10.2 Å². The molecule has 1 aromatic carbocycles. The molecule has 1 saturated heterocycles. The molecule has 1 aromatic heterocycles. The lowest BCUT2D eigenvalue weighted by Crippen LogP contribution is -2.28. The van der Waals surface area contributed by atoms with Crippen LogP contribution < -0.4 is 10.2 Å². The van der Waals surface area contributed by atoms with Crippen molar-refractivity contribution in [2.24, 2.45) is 5.92 Å². The quantitative estimate of drug-likeness (QED) is 0.939. The Hall–Kier alpha value is -1.99. The first-order valence-electron chi connectivity index (χ1n) is 6.26. The Morgan fingerprint density at radius 3 is 2.81 bits per heavy atom. The number of halogens is 1. The summed E-state index contributed by atoms with van der Waals surface area (Å²) in [5, 5.41) is 11.1. The Kier molecular flexibility index (Phi) is 3.85. The van der Waals surface area contributed by atoms with Crippen LogP contribution in [0.25, 0.3) is 0 Å². The summed E-state index contributed by atoms with van der Waals surface area (Å²) in [6.07, 6.45) is 0.188. The molecule has 0 saturated carbocycles. The third-order valence-electron chi connectivity index (χ3n) is 3.22. The van der Waals surface area contributed by atoms with E-state index >= 15 is 0 Å². The van der Waals surface area contributed by atoms with Crippen molar-refractivity contribution in [2.45, 2.75) is 6.42 Å². The van der Waals surface area contributed by atoms with Gasteiger partial charge in [-0.2, -0.15) is 0 Å². The minimum atomic E-state index is -0.392.